The molecule has 0 N–H and O–H groups in total. The van der Waals surface area contributed by atoms with E-state index in [1.807, 2.05) is 40.1 Å². The highest BCUT2D eigenvalue weighted by atomic mass is 16.4. The third-order valence-electron chi connectivity index (χ3n) is 4.58. The van der Waals surface area contributed by atoms with E-state index in [2.05, 4.69) is 10.2 Å². The summed E-state index contributed by atoms with van der Waals surface area (Å²) < 4.78 is 5.29. The van der Waals surface area contributed by atoms with Crippen LogP contribution in [0.3, 0.4) is 0 Å². The fraction of sp³-hybridized carbons (Fsp3) is 0.474. The van der Waals surface area contributed by atoms with Crippen molar-refractivity contribution in [3.05, 3.63) is 47.7 Å². The van der Waals surface area contributed by atoms with Gasteiger partial charge in [0.25, 0.3) is 0 Å². The summed E-state index contributed by atoms with van der Waals surface area (Å²) in [6.45, 7) is 4.09. The monoisotopic (exact) mass is 356 g/mol. The van der Waals surface area contributed by atoms with E-state index < -0.39 is 0 Å². The van der Waals surface area contributed by atoms with Gasteiger partial charge >= 0.3 is 0 Å². The van der Waals surface area contributed by atoms with Gasteiger partial charge in [-0.3, -0.25) is 9.59 Å². The molecule has 2 heterocycles. The Bertz CT molecular complexity index is 736. The molecule has 1 aromatic heterocycles. The van der Waals surface area contributed by atoms with E-state index in [0.29, 0.717) is 57.2 Å². The minimum atomic E-state index is 0.0669. The van der Waals surface area contributed by atoms with Crippen LogP contribution in [0.5, 0.6) is 0 Å². The number of rotatable bonds is 6. The van der Waals surface area contributed by atoms with Gasteiger partial charge in [-0.25, -0.2) is 0 Å². The quantitative estimate of drug-likeness (QED) is 0.786. The number of nitrogens with zero attached hydrogens (tertiary/aromatic N) is 4. The van der Waals surface area contributed by atoms with Crippen molar-refractivity contribution >= 4 is 11.8 Å². The van der Waals surface area contributed by atoms with E-state index in [1.165, 1.54) is 5.56 Å². The van der Waals surface area contributed by atoms with Crippen molar-refractivity contribution in [2.45, 2.75) is 32.6 Å². The molecule has 138 valence electrons. The van der Waals surface area contributed by atoms with Gasteiger partial charge in [0.15, 0.2) is 0 Å². The lowest BCUT2D eigenvalue weighted by Gasteiger charge is -2.35. The summed E-state index contributed by atoms with van der Waals surface area (Å²) in [5, 5.41) is 7.66. The lowest BCUT2D eigenvalue weighted by molar-refractivity contribution is -0.139. The summed E-state index contributed by atoms with van der Waals surface area (Å²) in [7, 11) is 0. The Balaban J connectivity index is 1.39. The highest BCUT2D eigenvalue weighted by Gasteiger charge is 2.24. The van der Waals surface area contributed by atoms with Gasteiger partial charge in [-0.1, -0.05) is 30.3 Å². The first-order valence-electron chi connectivity index (χ1n) is 9.00. The molecule has 0 radical (unpaired) electrons. The first kappa shape index (κ1) is 18.1. The number of aryl methyl sites for hydroxylation is 3. The average Bonchev–Trinajstić information content (AvgIpc) is 3.10. The smallest absolute Gasteiger partial charge is 0.223 e. The van der Waals surface area contributed by atoms with Crippen LogP contribution in [0.4, 0.5) is 0 Å². The molecule has 3 rings (SSSR count). The van der Waals surface area contributed by atoms with Crippen molar-refractivity contribution in [2.75, 3.05) is 26.2 Å². The molecule has 7 nitrogen and oxygen atoms in total. The van der Waals surface area contributed by atoms with Gasteiger partial charge in [-0.15, -0.1) is 10.2 Å². The number of carbonyl (C=O) groups excluding carboxylic acids is 2. The Morgan fingerprint density at radius 2 is 1.50 bits per heavy atom. The first-order valence-corrected chi connectivity index (χ1v) is 9.00. The van der Waals surface area contributed by atoms with E-state index in [9.17, 15) is 9.59 Å². The van der Waals surface area contributed by atoms with Crippen LogP contribution in [0.2, 0.25) is 0 Å². The van der Waals surface area contributed by atoms with Crippen molar-refractivity contribution in [3.63, 3.8) is 0 Å². The number of piperazine rings is 1. The predicted molar refractivity (Wildman–Crippen MR) is 95.3 cm³/mol. The molecule has 0 bridgehead atoms. The molecule has 2 aromatic rings. The van der Waals surface area contributed by atoms with Crippen LogP contribution in [0.15, 0.2) is 34.7 Å². The summed E-state index contributed by atoms with van der Waals surface area (Å²) >= 11 is 0. The Kier molecular flexibility index (Phi) is 5.99. The molecule has 0 unspecified atom stereocenters. The molecule has 7 heteroatoms. The maximum atomic E-state index is 12.4. The number of amides is 2. The molecule has 1 aliphatic rings. The Morgan fingerprint density at radius 1 is 0.923 bits per heavy atom. The Labute approximate surface area is 153 Å². The number of aromatic nitrogens is 2. The molecule has 0 atom stereocenters. The predicted octanol–water partition coefficient (Wildman–Crippen LogP) is 1.61. The van der Waals surface area contributed by atoms with Crippen LogP contribution < -0.4 is 0 Å². The minimum Gasteiger partial charge on any atom is -0.426 e. The third-order valence-corrected chi connectivity index (χ3v) is 4.58. The number of hydrogen-bond donors (Lipinski definition) is 0. The lowest BCUT2D eigenvalue weighted by Crippen LogP contribution is -2.50. The van der Waals surface area contributed by atoms with E-state index in [4.69, 9.17) is 4.42 Å². The molecular formula is C19H24N4O3. The second-order valence-electron chi connectivity index (χ2n) is 6.46. The lowest BCUT2D eigenvalue weighted by atomic mass is 10.1. The van der Waals surface area contributed by atoms with Crippen molar-refractivity contribution in [2.24, 2.45) is 0 Å². The Morgan fingerprint density at radius 3 is 2.04 bits per heavy atom. The van der Waals surface area contributed by atoms with E-state index in [-0.39, 0.29) is 11.8 Å². The van der Waals surface area contributed by atoms with Crippen LogP contribution in [0.1, 0.15) is 30.2 Å². The molecule has 26 heavy (non-hydrogen) atoms. The average molecular weight is 356 g/mol. The van der Waals surface area contributed by atoms with Crippen molar-refractivity contribution in [1.29, 1.82) is 0 Å². The summed E-state index contributed by atoms with van der Waals surface area (Å²) in [5.41, 5.74) is 1.17. The normalized spacial score (nSPS) is 14.5. The number of hydrogen-bond acceptors (Lipinski definition) is 5. The SMILES string of the molecule is Cc1nnc(CCC(=O)N2CCN(C(=O)CCc3ccccc3)CC2)o1. The second kappa shape index (κ2) is 8.60. The highest BCUT2D eigenvalue weighted by Crippen LogP contribution is 2.10. The fourth-order valence-electron chi connectivity index (χ4n) is 3.07. The van der Waals surface area contributed by atoms with Crippen LogP contribution in [-0.2, 0) is 22.4 Å². The van der Waals surface area contributed by atoms with E-state index in [1.54, 1.807) is 6.92 Å². The first-order chi connectivity index (χ1) is 12.6. The molecule has 1 saturated heterocycles. The standard InChI is InChI=1S/C19H24N4O3/c1-15-20-21-17(26-15)8-10-19(25)23-13-11-22(12-14-23)18(24)9-7-16-5-3-2-4-6-16/h2-6H,7-14H2,1H3. The van der Waals surface area contributed by atoms with Crippen molar-refractivity contribution in [1.82, 2.24) is 20.0 Å². The molecular weight excluding hydrogens is 332 g/mol. The molecule has 2 amide bonds. The Hall–Kier alpha value is -2.70. The van der Waals surface area contributed by atoms with Gasteiger partial charge in [0.2, 0.25) is 23.6 Å². The van der Waals surface area contributed by atoms with Gasteiger partial charge in [-0.05, 0) is 12.0 Å². The molecule has 1 aromatic carbocycles. The molecule has 0 aliphatic carbocycles. The molecule has 1 aliphatic heterocycles. The number of carbonyl (C=O) groups is 2. The van der Waals surface area contributed by atoms with Gasteiger partial charge in [0.05, 0.1) is 0 Å². The van der Waals surface area contributed by atoms with Crippen LogP contribution in [0.25, 0.3) is 0 Å². The third kappa shape index (κ3) is 4.91. The van der Waals surface area contributed by atoms with Crippen molar-refractivity contribution in [3.8, 4) is 0 Å². The van der Waals surface area contributed by atoms with Crippen LogP contribution in [-0.4, -0.2) is 58.0 Å². The van der Waals surface area contributed by atoms with Gasteiger partial charge in [-0.2, -0.15) is 0 Å². The van der Waals surface area contributed by atoms with E-state index >= 15 is 0 Å². The summed E-state index contributed by atoms with van der Waals surface area (Å²) in [6.07, 6.45) is 2.07. The maximum Gasteiger partial charge on any atom is 0.223 e. The zero-order valence-electron chi connectivity index (χ0n) is 15.1. The summed E-state index contributed by atoms with van der Waals surface area (Å²) in [4.78, 5) is 28.3. The fourth-order valence-corrected chi connectivity index (χ4v) is 3.07. The molecule has 0 spiro atoms. The zero-order chi connectivity index (χ0) is 18.4. The van der Waals surface area contributed by atoms with Gasteiger partial charge in [0.1, 0.15) is 0 Å². The van der Waals surface area contributed by atoms with Crippen molar-refractivity contribution < 1.29 is 14.0 Å². The second-order valence-corrected chi connectivity index (χ2v) is 6.46. The highest BCUT2D eigenvalue weighted by molar-refractivity contribution is 5.78. The van der Waals surface area contributed by atoms with Crippen LogP contribution >= 0.6 is 0 Å². The molecule has 0 saturated carbocycles. The maximum absolute atomic E-state index is 12.4. The summed E-state index contributed by atoms with van der Waals surface area (Å²) in [6, 6.07) is 10.0. The molecule has 1 fully saturated rings. The van der Waals surface area contributed by atoms with Gasteiger partial charge in [0, 0.05) is 52.4 Å². The van der Waals surface area contributed by atoms with Crippen LogP contribution in [0, 0.1) is 6.92 Å². The summed E-state index contributed by atoms with van der Waals surface area (Å²) in [5.74, 6) is 1.22. The number of benzene rings is 1. The van der Waals surface area contributed by atoms with Gasteiger partial charge < -0.3 is 14.2 Å². The minimum absolute atomic E-state index is 0.0669. The largest absolute Gasteiger partial charge is 0.426 e. The zero-order valence-corrected chi connectivity index (χ0v) is 15.1. The topological polar surface area (TPSA) is 79.5 Å². The van der Waals surface area contributed by atoms with E-state index in [0.717, 1.165) is 6.42 Å².